The fourth-order valence-corrected chi connectivity index (χ4v) is 2.69. The van der Waals surface area contributed by atoms with Gasteiger partial charge in [-0.15, -0.1) is 0 Å². The quantitative estimate of drug-likeness (QED) is 0.808. The number of carbonyl (C=O) groups is 1. The van der Waals surface area contributed by atoms with E-state index < -0.39 is 16.1 Å². The Balaban J connectivity index is 2.07. The van der Waals surface area contributed by atoms with Gasteiger partial charge in [-0.05, 0) is 49.4 Å². The van der Waals surface area contributed by atoms with E-state index >= 15 is 0 Å². The van der Waals surface area contributed by atoms with E-state index in [2.05, 4.69) is 4.72 Å². The normalized spacial score (nSPS) is 12.5. The zero-order chi connectivity index (χ0) is 17.0. The number of ether oxygens (including phenoxy) is 1. The van der Waals surface area contributed by atoms with Crippen molar-refractivity contribution in [2.75, 3.05) is 11.0 Å². The first-order chi connectivity index (χ1) is 10.7. The van der Waals surface area contributed by atoms with Crippen LogP contribution in [0.5, 0.6) is 5.75 Å². The predicted molar refractivity (Wildman–Crippen MR) is 90.8 cm³/mol. The van der Waals surface area contributed by atoms with Crippen LogP contribution in [0.25, 0.3) is 0 Å². The molecule has 0 amide bonds. The van der Waals surface area contributed by atoms with E-state index in [9.17, 15) is 13.2 Å². The van der Waals surface area contributed by atoms with Crippen molar-refractivity contribution in [2.45, 2.75) is 13.0 Å². The van der Waals surface area contributed by atoms with Crippen LogP contribution < -0.4 is 9.46 Å². The van der Waals surface area contributed by atoms with E-state index in [1.165, 1.54) is 12.1 Å². The van der Waals surface area contributed by atoms with Crippen LogP contribution in [-0.4, -0.2) is 26.6 Å². The molecule has 0 aliphatic carbocycles. The summed E-state index contributed by atoms with van der Waals surface area (Å²) in [6, 6.07) is 13.0. The Labute approximate surface area is 140 Å². The van der Waals surface area contributed by atoms with Gasteiger partial charge in [-0.3, -0.25) is 9.52 Å². The third kappa shape index (κ3) is 5.26. The lowest BCUT2D eigenvalue weighted by molar-refractivity contribution is 0.0818. The van der Waals surface area contributed by atoms with Crippen molar-refractivity contribution in [3.63, 3.8) is 0 Å². The fourth-order valence-electron chi connectivity index (χ4n) is 1.95. The first-order valence-electron chi connectivity index (χ1n) is 6.79. The molecule has 2 rings (SSSR count). The Morgan fingerprint density at radius 3 is 2.39 bits per heavy atom. The topological polar surface area (TPSA) is 72.5 Å². The first-order valence-corrected chi connectivity index (χ1v) is 9.06. The Morgan fingerprint density at radius 2 is 1.83 bits per heavy atom. The SMILES string of the molecule is C[C@@H](Oc1cccc(Cl)c1)C(=O)c1ccc(NS(C)(=O)=O)cc1. The maximum atomic E-state index is 12.3. The smallest absolute Gasteiger partial charge is 0.229 e. The molecule has 7 heteroatoms. The van der Waals surface area contributed by atoms with Gasteiger partial charge >= 0.3 is 0 Å². The molecule has 0 radical (unpaired) electrons. The van der Waals surface area contributed by atoms with Gasteiger partial charge in [0, 0.05) is 16.3 Å². The summed E-state index contributed by atoms with van der Waals surface area (Å²) in [5, 5.41) is 0.526. The van der Waals surface area contributed by atoms with Gasteiger partial charge in [-0.2, -0.15) is 0 Å². The molecule has 0 spiro atoms. The van der Waals surface area contributed by atoms with Gasteiger partial charge in [-0.1, -0.05) is 17.7 Å². The Hall–Kier alpha value is -2.05. The molecule has 0 saturated carbocycles. The monoisotopic (exact) mass is 353 g/mol. The molecule has 0 aromatic heterocycles. The van der Waals surface area contributed by atoms with Crippen molar-refractivity contribution in [1.29, 1.82) is 0 Å². The summed E-state index contributed by atoms with van der Waals surface area (Å²) in [4.78, 5) is 12.3. The number of hydrogen-bond donors (Lipinski definition) is 1. The summed E-state index contributed by atoms with van der Waals surface area (Å²) in [6.07, 6.45) is 0.370. The van der Waals surface area contributed by atoms with Gasteiger partial charge in [0.1, 0.15) is 5.75 Å². The van der Waals surface area contributed by atoms with Crippen LogP contribution in [0.4, 0.5) is 5.69 Å². The number of Topliss-reactive ketones (excluding diaryl/α,β-unsaturated/α-hetero) is 1. The highest BCUT2D eigenvalue weighted by Crippen LogP contribution is 2.20. The molecule has 2 aromatic rings. The van der Waals surface area contributed by atoms with Crippen LogP contribution in [0.3, 0.4) is 0 Å². The molecule has 122 valence electrons. The summed E-state index contributed by atoms with van der Waals surface area (Å²) in [7, 11) is -3.34. The largest absolute Gasteiger partial charge is 0.483 e. The molecule has 0 saturated heterocycles. The highest BCUT2D eigenvalue weighted by atomic mass is 35.5. The van der Waals surface area contributed by atoms with Gasteiger partial charge in [0.05, 0.1) is 6.26 Å². The number of halogens is 1. The van der Waals surface area contributed by atoms with E-state index in [4.69, 9.17) is 16.3 Å². The third-order valence-electron chi connectivity index (χ3n) is 2.95. The van der Waals surface area contributed by atoms with Gasteiger partial charge in [0.15, 0.2) is 6.10 Å². The Kier molecular flexibility index (Phi) is 5.28. The molecule has 0 aliphatic rings. The van der Waals surface area contributed by atoms with Gasteiger partial charge in [0.2, 0.25) is 15.8 Å². The van der Waals surface area contributed by atoms with Crippen LogP contribution in [0.1, 0.15) is 17.3 Å². The highest BCUT2D eigenvalue weighted by Gasteiger charge is 2.17. The second-order valence-electron chi connectivity index (χ2n) is 5.03. The highest BCUT2D eigenvalue weighted by molar-refractivity contribution is 7.92. The standard InChI is InChI=1S/C16H16ClNO4S/c1-11(22-15-5-3-4-13(17)10-15)16(19)12-6-8-14(9-7-12)18-23(2,20)21/h3-11,18H,1-2H3/t11-/m1/s1. The molecule has 0 fully saturated rings. The molecule has 2 aromatic carbocycles. The van der Waals surface area contributed by atoms with Crippen LogP contribution >= 0.6 is 11.6 Å². The van der Waals surface area contributed by atoms with Crippen molar-refractivity contribution in [3.8, 4) is 5.75 Å². The maximum Gasteiger partial charge on any atom is 0.229 e. The minimum atomic E-state index is -3.34. The lowest BCUT2D eigenvalue weighted by Crippen LogP contribution is -2.23. The summed E-state index contributed by atoms with van der Waals surface area (Å²) in [5.74, 6) is 0.296. The van der Waals surface area contributed by atoms with Crippen LogP contribution in [0, 0.1) is 0 Å². The Morgan fingerprint density at radius 1 is 1.17 bits per heavy atom. The van der Waals surface area contributed by atoms with Gasteiger partial charge in [-0.25, -0.2) is 8.42 Å². The molecule has 23 heavy (non-hydrogen) atoms. The molecular weight excluding hydrogens is 338 g/mol. The molecule has 0 unspecified atom stereocenters. The number of ketones is 1. The second-order valence-corrected chi connectivity index (χ2v) is 7.22. The van der Waals surface area contributed by atoms with Crippen molar-refractivity contribution >= 4 is 33.1 Å². The van der Waals surface area contributed by atoms with E-state index in [-0.39, 0.29) is 5.78 Å². The van der Waals surface area contributed by atoms with Crippen molar-refractivity contribution in [1.82, 2.24) is 0 Å². The van der Waals surface area contributed by atoms with Crippen LogP contribution in [0.15, 0.2) is 48.5 Å². The van der Waals surface area contributed by atoms with Crippen LogP contribution in [0.2, 0.25) is 5.02 Å². The average Bonchev–Trinajstić information content (AvgIpc) is 2.45. The number of carbonyl (C=O) groups excluding carboxylic acids is 1. The summed E-state index contributed by atoms with van der Waals surface area (Å²) in [5.41, 5.74) is 0.825. The third-order valence-corrected chi connectivity index (χ3v) is 3.79. The zero-order valence-electron chi connectivity index (χ0n) is 12.6. The average molecular weight is 354 g/mol. The van der Waals surface area contributed by atoms with E-state index in [1.54, 1.807) is 43.3 Å². The minimum absolute atomic E-state index is 0.212. The molecule has 0 heterocycles. The fraction of sp³-hybridized carbons (Fsp3) is 0.188. The van der Waals surface area contributed by atoms with Crippen LogP contribution in [-0.2, 0) is 10.0 Å². The maximum absolute atomic E-state index is 12.3. The molecular formula is C16H16ClNO4S. The first kappa shape index (κ1) is 17.3. The van der Waals surface area contributed by atoms with Crippen molar-refractivity contribution in [2.24, 2.45) is 0 Å². The van der Waals surface area contributed by atoms with E-state index in [0.29, 0.717) is 22.0 Å². The van der Waals surface area contributed by atoms with E-state index in [0.717, 1.165) is 6.26 Å². The molecule has 0 bridgehead atoms. The molecule has 5 nitrogen and oxygen atoms in total. The molecule has 1 N–H and O–H groups in total. The number of rotatable bonds is 6. The van der Waals surface area contributed by atoms with Crippen molar-refractivity contribution < 1.29 is 17.9 Å². The van der Waals surface area contributed by atoms with Gasteiger partial charge < -0.3 is 4.74 Å². The minimum Gasteiger partial charge on any atom is -0.483 e. The molecule has 0 aliphatic heterocycles. The molecule has 1 atom stereocenters. The number of hydrogen-bond acceptors (Lipinski definition) is 4. The number of anilines is 1. The number of benzene rings is 2. The van der Waals surface area contributed by atoms with E-state index in [1.807, 2.05) is 0 Å². The number of sulfonamides is 1. The Bertz CT molecular complexity index is 803. The number of nitrogens with one attached hydrogen (secondary N) is 1. The summed E-state index contributed by atoms with van der Waals surface area (Å²) < 4.78 is 30.2. The summed E-state index contributed by atoms with van der Waals surface area (Å²) in [6.45, 7) is 1.64. The lowest BCUT2D eigenvalue weighted by atomic mass is 10.1. The predicted octanol–water partition coefficient (Wildman–Crippen LogP) is 3.36. The van der Waals surface area contributed by atoms with Crippen molar-refractivity contribution in [3.05, 3.63) is 59.1 Å². The second kappa shape index (κ2) is 7.02. The summed E-state index contributed by atoms with van der Waals surface area (Å²) >= 11 is 5.87. The van der Waals surface area contributed by atoms with Gasteiger partial charge in [0.25, 0.3) is 0 Å². The zero-order valence-corrected chi connectivity index (χ0v) is 14.2. The lowest BCUT2D eigenvalue weighted by Gasteiger charge is -2.14.